The Hall–Kier alpha value is -3.68. The minimum Gasteiger partial charge on any atom is -0.494 e. The molecule has 0 saturated carbocycles. The molecule has 8 heteroatoms. The molecular weight excluding hydrogens is 370 g/mol. The molecule has 1 aromatic carbocycles. The molecular formula is C21H21N5O3. The number of hydrogen-bond acceptors (Lipinski definition) is 7. The van der Waals surface area contributed by atoms with Crippen LogP contribution in [0.5, 0.6) is 17.4 Å². The number of fused-ring (bicyclic) bond motifs is 1. The molecule has 0 amide bonds. The highest BCUT2D eigenvalue weighted by Gasteiger charge is 2.23. The standard InChI is InChI=1S/C21H21N5O3/c1-5-29-17-11-6-8-14(24-17)20-25-19-21(23-13(2)12-22-19)26(20)18-15(27-3)9-7-10-16(18)28-4/h6-12H,5H2,1-4H3. The van der Waals surface area contributed by atoms with Gasteiger partial charge in [0.15, 0.2) is 17.1 Å². The monoisotopic (exact) mass is 391 g/mol. The minimum absolute atomic E-state index is 0.502. The van der Waals surface area contributed by atoms with E-state index in [0.29, 0.717) is 52.5 Å². The molecule has 0 bridgehead atoms. The highest BCUT2D eigenvalue weighted by Crippen LogP contribution is 2.37. The molecule has 0 radical (unpaired) electrons. The molecule has 148 valence electrons. The highest BCUT2D eigenvalue weighted by atomic mass is 16.5. The summed E-state index contributed by atoms with van der Waals surface area (Å²) in [6.07, 6.45) is 1.69. The van der Waals surface area contributed by atoms with Crippen LogP contribution in [0.4, 0.5) is 0 Å². The van der Waals surface area contributed by atoms with Gasteiger partial charge in [0.1, 0.15) is 22.9 Å². The molecule has 8 nitrogen and oxygen atoms in total. The normalized spacial score (nSPS) is 10.9. The Bertz CT molecular complexity index is 1150. The zero-order chi connectivity index (χ0) is 20.4. The van der Waals surface area contributed by atoms with Crippen molar-refractivity contribution < 1.29 is 14.2 Å². The topological polar surface area (TPSA) is 84.2 Å². The van der Waals surface area contributed by atoms with Crippen LogP contribution in [-0.2, 0) is 0 Å². The Labute approximate surface area is 168 Å². The van der Waals surface area contributed by atoms with Gasteiger partial charge in [-0.2, -0.15) is 0 Å². The first kappa shape index (κ1) is 18.7. The van der Waals surface area contributed by atoms with Crippen molar-refractivity contribution in [3.8, 4) is 34.6 Å². The van der Waals surface area contributed by atoms with E-state index < -0.39 is 0 Å². The van der Waals surface area contributed by atoms with Crippen LogP contribution >= 0.6 is 0 Å². The third-order valence-electron chi connectivity index (χ3n) is 4.36. The van der Waals surface area contributed by atoms with Crippen LogP contribution in [-0.4, -0.2) is 45.3 Å². The first-order chi connectivity index (χ1) is 14.2. The van der Waals surface area contributed by atoms with Gasteiger partial charge < -0.3 is 14.2 Å². The molecule has 0 spiro atoms. The second-order valence-corrected chi connectivity index (χ2v) is 6.23. The lowest BCUT2D eigenvalue weighted by molar-refractivity contribution is 0.327. The molecule has 0 saturated heterocycles. The van der Waals surface area contributed by atoms with Gasteiger partial charge in [-0.3, -0.25) is 4.57 Å². The van der Waals surface area contributed by atoms with Crippen LogP contribution in [0, 0.1) is 6.92 Å². The summed E-state index contributed by atoms with van der Waals surface area (Å²) in [5, 5.41) is 0. The fourth-order valence-electron chi connectivity index (χ4n) is 3.14. The predicted molar refractivity (Wildman–Crippen MR) is 109 cm³/mol. The van der Waals surface area contributed by atoms with E-state index in [-0.39, 0.29) is 0 Å². The Morgan fingerprint density at radius 2 is 1.66 bits per heavy atom. The third kappa shape index (κ3) is 3.33. The first-order valence-corrected chi connectivity index (χ1v) is 9.20. The molecule has 0 unspecified atom stereocenters. The van der Waals surface area contributed by atoms with Gasteiger partial charge in [-0.15, -0.1) is 0 Å². The molecule has 4 rings (SSSR count). The van der Waals surface area contributed by atoms with Crippen LogP contribution in [0.3, 0.4) is 0 Å². The van der Waals surface area contributed by atoms with E-state index in [9.17, 15) is 0 Å². The molecule has 29 heavy (non-hydrogen) atoms. The smallest absolute Gasteiger partial charge is 0.213 e. The number of imidazole rings is 1. The molecule has 3 aromatic heterocycles. The molecule has 0 atom stereocenters. The number of benzene rings is 1. The van der Waals surface area contributed by atoms with E-state index in [1.165, 1.54) is 0 Å². The number of rotatable bonds is 6. The van der Waals surface area contributed by atoms with Crippen molar-refractivity contribution in [1.82, 2.24) is 24.5 Å². The Balaban J connectivity index is 2.07. The van der Waals surface area contributed by atoms with E-state index in [0.717, 1.165) is 5.69 Å². The maximum absolute atomic E-state index is 5.62. The summed E-state index contributed by atoms with van der Waals surface area (Å²) in [6.45, 7) is 4.33. The predicted octanol–water partition coefficient (Wildman–Crippen LogP) is 3.60. The third-order valence-corrected chi connectivity index (χ3v) is 4.36. The van der Waals surface area contributed by atoms with E-state index in [4.69, 9.17) is 19.2 Å². The summed E-state index contributed by atoms with van der Waals surface area (Å²) in [5.74, 6) is 2.32. The molecule has 0 aliphatic carbocycles. The summed E-state index contributed by atoms with van der Waals surface area (Å²) in [7, 11) is 3.23. The minimum atomic E-state index is 0.502. The lowest BCUT2D eigenvalue weighted by Crippen LogP contribution is -2.05. The zero-order valence-corrected chi connectivity index (χ0v) is 16.7. The second-order valence-electron chi connectivity index (χ2n) is 6.23. The maximum Gasteiger partial charge on any atom is 0.213 e. The van der Waals surface area contributed by atoms with Crippen molar-refractivity contribution in [3.63, 3.8) is 0 Å². The van der Waals surface area contributed by atoms with Crippen LogP contribution in [0.25, 0.3) is 28.5 Å². The summed E-state index contributed by atoms with van der Waals surface area (Å²) in [5.41, 5.74) is 3.17. The van der Waals surface area contributed by atoms with Crippen molar-refractivity contribution in [2.45, 2.75) is 13.8 Å². The van der Waals surface area contributed by atoms with Gasteiger partial charge in [0.25, 0.3) is 0 Å². The van der Waals surface area contributed by atoms with Crippen molar-refractivity contribution in [1.29, 1.82) is 0 Å². The Kier molecular flexibility index (Phi) is 4.99. The number of nitrogens with zero attached hydrogens (tertiary/aromatic N) is 5. The van der Waals surface area contributed by atoms with Gasteiger partial charge in [-0.1, -0.05) is 12.1 Å². The number of para-hydroxylation sites is 1. The van der Waals surface area contributed by atoms with Crippen molar-refractivity contribution in [2.24, 2.45) is 0 Å². The zero-order valence-electron chi connectivity index (χ0n) is 16.7. The Morgan fingerprint density at radius 1 is 0.931 bits per heavy atom. The molecule has 3 heterocycles. The van der Waals surface area contributed by atoms with E-state index in [1.807, 2.05) is 54.8 Å². The average Bonchev–Trinajstić information content (AvgIpc) is 3.11. The number of hydrogen-bond donors (Lipinski definition) is 0. The van der Waals surface area contributed by atoms with Crippen molar-refractivity contribution in [3.05, 3.63) is 48.3 Å². The summed E-state index contributed by atoms with van der Waals surface area (Å²) >= 11 is 0. The van der Waals surface area contributed by atoms with Crippen LogP contribution in [0.1, 0.15) is 12.6 Å². The van der Waals surface area contributed by atoms with Gasteiger partial charge in [0, 0.05) is 6.07 Å². The molecule has 0 N–H and O–H groups in total. The lowest BCUT2D eigenvalue weighted by atomic mass is 10.2. The number of methoxy groups -OCH3 is 2. The number of ether oxygens (including phenoxy) is 3. The lowest BCUT2D eigenvalue weighted by Gasteiger charge is -2.16. The molecule has 0 aliphatic rings. The first-order valence-electron chi connectivity index (χ1n) is 9.20. The van der Waals surface area contributed by atoms with Gasteiger partial charge in [-0.05, 0) is 32.0 Å². The highest BCUT2D eigenvalue weighted by molar-refractivity contribution is 5.79. The largest absolute Gasteiger partial charge is 0.494 e. The summed E-state index contributed by atoms with van der Waals surface area (Å²) < 4.78 is 18.7. The molecule has 0 aliphatic heterocycles. The molecule has 0 fully saturated rings. The average molecular weight is 391 g/mol. The van der Waals surface area contributed by atoms with Crippen molar-refractivity contribution >= 4 is 11.3 Å². The van der Waals surface area contributed by atoms with E-state index >= 15 is 0 Å². The van der Waals surface area contributed by atoms with Crippen LogP contribution in [0.2, 0.25) is 0 Å². The van der Waals surface area contributed by atoms with Gasteiger partial charge in [0.05, 0.1) is 32.7 Å². The fourth-order valence-corrected chi connectivity index (χ4v) is 3.14. The number of aryl methyl sites for hydroxylation is 1. The maximum atomic E-state index is 5.62. The Morgan fingerprint density at radius 3 is 2.34 bits per heavy atom. The quantitative estimate of drug-likeness (QED) is 0.496. The van der Waals surface area contributed by atoms with Crippen LogP contribution in [0.15, 0.2) is 42.6 Å². The fraction of sp³-hybridized carbons (Fsp3) is 0.238. The SMILES string of the molecule is CCOc1cccc(-c2nc3ncc(C)nc3n2-c2c(OC)cccc2OC)n1. The number of pyridine rings is 1. The van der Waals surface area contributed by atoms with Gasteiger partial charge in [0.2, 0.25) is 5.88 Å². The van der Waals surface area contributed by atoms with Crippen LogP contribution < -0.4 is 14.2 Å². The van der Waals surface area contributed by atoms with Gasteiger partial charge >= 0.3 is 0 Å². The number of aromatic nitrogens is 5. The summed E-state index contributed by atoms with van der Waals surface area (Å²) in [6, 6.07) is 11.1. The van der Waals surface area contributed by atoms with Gasteiger partial charge in [-0.25, -0.2) is 19.9 Å². The van der Waals surface area contributed by atoms with E-state index in [1.54, 1.807) is 20.4 Å². The summed E-state index contributed by atoms with van der Waals surface area (Å²) in [4.78, 5) is 18.4. The second kappa shape index (κ2) is 7.75. The van der Waals surface area contributed by atoms with E-state index in [2.05, 4.69) is 15.0 Å². The van der Waals surface area contributed by atoms with Crippen molar-refractivity contribution in [2.75, 3.05) is 20.8 Å². The molecule has 4 aromatic rings.